The standard InChI is InChI=1S/C14H19N3OS/c1-10-8-19-13-12(10)16-9-17(14(13)18)7-4-11-2-5-15-6-3-11/h8-9,11,15H,2-7H2,1H3. The van der Waals surface area contributed by atoms with Crippen LogP contribution in [0.1, 0.15) is 24.8 Å². The van der Waals surface area contributed by atoms with E-state index in [1.54, 1.807) is 10.9 Å². The van der Waals surface area contributed by atoms with Gasteiger partial charge in [-0.05, 0) is 56.1 Å². The second kappa shape index (κ2) is 5.43. The van der Waals surface area contributed by atoms with Crippen LogP contribution in [-0.4, -0.2) is 22.6 Å². The number of rotatable bonds is 3. The summed E-state index contributed by atoms with van der Waals surface area (Å²) in [6, 6.07) is 0. The SMILES string of the molecule is Cc1csc2c(=O)n(CCC3CCNCC3)cnc12. The van der Waals surface area contributed by atoms with Crippen LogP contribution in [0.4, 0.5) is 0 Å². The van der Waals surface area contributed by atoms with Crippen LogP contribution in [0.25, 0.3) is 10.2 Å². The van der Waals surface area contributed by atoms with Crippen molar-refractivity contribution in [2.45, 2.75) is 32.7 Å². The Morgan fingerprint density at radius 2 is 2.26 bits per heavy atom. The number of fused-ring (bicyclic) bond motifs is 1. The molecule has 0 aliphatic carbocycles. The fourth-order valence-electron chi connectivity index (χ4n) is 2.71. The van der Waals surface area contributed by atoms with Crippen LogP contribution in [0.15, 0.2) is 16.5 Å². The zero-order valence-electron chi connectivity index (χ0n) is 11.2. The third-order valence-electron chi connectivity index (χ3n) is 3.96. The minimum absolute atomic E-state index is 0.122. The van der Waals surface area contributed by atoms with Crippen molar-refractivity contribution in [2.24, 2.45) is 5.92 Å². The second-order valence-electron chi connectivity index (χ2n) is 5.32. The van der Waals surface area contributed by atoms with E-state index in [-0.39, 0.29) is 5.56 Å². The first-order valence-corrected chi connectivity index (χ1v) is 7.77. The van der Waals surface area contributed by atoms with Gasteiger partial charge >= 0.3 is 0 Å². The highest BCUT2D eigenvalue weighted by Gasteiger charge is 2.14. The summed E-state index contributed by atoms with van der Waals surface area (Å²) in [5.74, 6) is 0.744. The van der Waals surface area contributed by atoms with E-state index in [4.69, 9.17) is 0 Å². The van der Waals surface area contributed by atoms with Crippen molar-refractivity contribution in [3.8, 4) is 0 Å². The topological polar surface area (TPSA) is 46.9 Å². The van der Waals surface area contributed by atoms with Gasteiger partial charge in [-0.25, -0.2) is 4.98 Å². The highest BCUT2D eigenvalue weighted by atomic mass is 32.1. The van der Waals surface area contributed by atoms with Gasteiger partial charge in [-0.15, -0.1) is 11.3 Å². The Kier molecular flexibility index (Phi) is 3.66. The lowest BCUT2D eigenvalue weighted by molar-refractivity contribution is 0.336. The molecule has 19 heavy (non-hydrogen) atoms. The average Bonchev–Trinajstić information content (AvgIpc) is 2.82. The summed E-state index contributed by atoms with van der Waals surface area (Å²) in [6.07, 6.45) is 5.25. The van der Waals surface area contributed by atoms with Crippen molar-refractivity contribution in [2.75, 3.05) is 13.1 Å². The van der Waals surface area contributed by atoms with Crippen molar-refractivity contribution >= 4 is 21.6 Å². The molecule has 102 valence electrons. The number of nitrogens with zero attached hydrogens (tertiary/aromatic N) is 2. The lowest BCUT2D eigenvalue weighted by atomic mass is 9.95. The summed E-state index contributed by atoms with van der Waals surface area (Å²) in [6.45, 7) is 5.02. The molecule has 0 unspecified atom stereocenters. The molecule has 0 amide bonds. The molecule has 0 spiro atoms. The van der Waals surface area contributed by atoms with Crippen molar-refractivity contribution in [1.82, 2.24) is 14.9 Å². The van der Waals surface area contributed by atoms with E-state index in [0.717, 1.165) is 47.8 Å². The van der Waals surface area contributed by atoms with Crippen LogP contribution >= 0.6 is 11.3 Å². The molecule has 5 heteroatoms. The van der Waals surface area contributed by atoms with Gasteiger partial charge in [0.25, 0.3) is 5.56 Å². The molecule has 1 saturated heterocycles. The minimum Gasteiger partial charge on any atom is -0.317 e. The van der Waals surface area contributed by atoms with Crippen molar-refractivity contribution in [1.29, 1.82) is 0 Å². The van der Waals surface area contributed by atoms with Gasteiger partial charge in [0, 0.05) is 6.54 Å². The van der Waals surface area contributed by atoms with E-state index >= 15 is 0 Å². The Labute approximate surface area is 116 Å². The Morgan fingerprint density at radius 3 is 3.05 bits per heavy atom. The number of thiophene rings is 1. The van der Waals surface area contributed by atoms with Crippen LogP contribution in [0.5, 0.6) is 0 Å². The molecular weight excluding hydrogens is 258 g/mol. The first-order valence-electron chi connectivity index (χ1n) is 6.89. The molecule has 0 bridgehead atoms. The molecule has 1 fully saturated rings. The normalized spacial score (nSPS) is 17.1. The smallest absolute Gasteiger partial charge is 0.271 e. The molecule has 0 aromatic carbocycles. The highest BCUT2D eigenvalue weighted by Crippen LogP contribution is 2.20. The Bertz CT molecular complexity index is 625. The maximum atomic E-state index is 12.3. The average molecular weight is 277 g/mol. The summed E-state index contributed by atoms with van der Waals surface area (Å²) in [5, 5.41) is 5.38. The second-order valence-corrected chi connectivity index (χ2v) is 6.20. The van der Waals surface area contributed by atoms with Gasteiger partial charge < -0.3 is 5.32 Å². The lowest BCUT2D eigenvalue weighted by Gasteiger charge is -2.22. The maximum Gasteiger partial charge on any atom is 0.271 e. The quantitative estimate of drug-likeness (QED) is 0.935. The largest absolute Gasteiger partial charge is 0.317 e. The predicted molar refractivity (Wildman–Crippen MR) is 78.8 cm³/mol. The molecule has 2 aromatic rings. The van der Waals surface area contributed by atoms with Gasteiger partial charge in [0.1, 0.15) is 4.70 Å². The Balaban J connectivity index is 1.77. The van der Waals surface area contributed by atoms with Crippen molar-refractivity contribution < 1.29 is 0 Å². The van der Waals surface area contributed by atoms with Gasteiger partial charge in [0.05, 0.1) is 11.8 Å². The molecule has 3 rings (SSSR count). The number of piperidine rings is 1. The van der Waals surface area contributed by atoms with Gasteiger partial charge in [0.15, 0.2) is 0 Å². The molecule has 1 aliphatic rings. The number of nitrogens with one attached hydrogen (secondary N) is 1. The van der Waals surface area contributed by atoms with Gasteiger partial charge in [-0.1, -0.05) is 0 Å². The van der Waals surface area contributed by atoms with Crippen LogP contribution < -0.4 is 10.9 Å². The Morgan fingerprint density at radius 1 is 1.47 bits per heavy atom. The third-order valence-corrected chi connectivity index (χ3v) is 5.04. The molecule has 1 aliphatic heterocycles. The van der Waals surface area contributed by atoms with E-state index in [1.165, 1.54) is 24.2 Å². The summed E-state index contributed by atoms with van der Waals surface area (Å²) in [5.41, 5.74) is 2.09. The van der Waals surface area contributed by atoms with E-state index < -0.39 is 0 Å². The van der Waals surface area contributed by atoms with E-state index in [2.05, 4.69) is 10.3 Å². The van der Waals surface area contributed by atoms with E-state index in [9.17, 15) is 4.79 Å². The summed E-state index contributed by atoms with van der Waals surface area (Å²) >= 11 is 1.51. The first-order chi connectivity index (χ1) is 9.25. The van der Waals surface area contributed by atoms with Crippen molar-refractivity contribution in [3.63, 3.8) is 0 Å². The monoisotopic (exact) mass is 277 g/mol. The van der Waals surface area contributed by atoms with Crippen LogP contribution in [0, 0.1) is 12.8 Å². The molecule has 0 radical (unpaired) electrons. The van der Waals surface area contributed by atoms with Gasteiger partial charge in [-0.3, -0.25) is 9.36 Å². The zero-order valence-corrected chi connectivity index (χ0v) is 12.0. The van der Waals surface area contributed by atoms with Crippen LogP contribution in [-0.2, 0) is 6.54 Å². The van der Waals surface area contributed by atoms with Crippen LogP contribution in [0.2, 0.25) is 0 Å². The highest BCUT2D eigenvalue weighted by molar-refractivity contribution is 7.17. The first kappa shape index (κ1) is 12.8. The van der Waals surface area contributed by atoms with E-state index in [1.807, 2.05) is 12.3 Å². The molecule has 0 saturated carbocycles. The van der Waals surface area contributed by atoms with Crippen molar-refractivity contribution in [3.05, 3.63) is 27.6 Å². The number of aromatic nitrogens is 2. The fraction of sp³-hybridized carbons (Fsp3) is 0.571. The summed E-state index contributed by atoms with van der Waals surface area (Å²) in [4.78, 5) is 16.8. The zero-order chi connectivity index (χ0) is 13.2. The maximum absolute atomic E-state index is 12.3. The lowest BCUT2D eigenvalue weighted by Crippen LogP contribution is -2.29. The summed E-state index contributed by atoms with van der Waals surface area (Å²) < 4.78 is 2.57. The molecule has 4 nitrogen and oxygen atoms in total. The number of aryl methyl sites for hydroxylation is 2. The molecular formula is C14H19N3OS. The molecule has 2 aromatic heterocycles. The Hall–Kier alpha value is -1.20. The molecule has 3 heterocycles. The number of hydrogen-bond acceptors (Lipinski definition) is 4. The van der Waals surface area contributed by atoms with Gasteiger partial charge in [-0.2, -0.15) is 0 Å². The molecule has 0 atom stereocenters. The van der Waals surface area contributed by atoms with Crippen LogP contribution in [0.3, 0.4) is 0 Å². The minimum atomic E-state index is 0.122. The third kappa shape index (κ3) is 2.58. The predicted octanol–water partition coefficient (Wildman–Crippen LogP) is 2.16. The van der Waals surface area contributed by atoms with E-state index in [0.29, 0.717) is 0 Å². The number of hydrogen-bond donors (Lipinski definition) is 1. The van der Waals surface area contributed by atoms with Gasteiger partial charge in [0.2, 0.25) is 0 Å². The fourth-order valence-corrected chi connectivity index (χ4v) is 3.66. The summed E-state index contributed by atoms with van der Waals surface area (Å²) in [7, 11) is 0. The molecule has 1 N–H and O–H groups in total.